The molecule has 0 bridgehead atoms. The highest BCUT2D eigenvalue weighted by Gasteiger charge is 2.11. The van der Waals surface area contributed by atoms with Gasteiger partial charge in [-0.3, -0.25) is 14.4 Å². The van der Waals surface area contributed by atoms with Crippen molar-refractivity contribution in [1.29, 1.82) is 0 Å². The molecule has 0 radical (unpaired) electrons. The van der Waals surface area contributed by atoms with Gasteiger partial charge in [-0.05, 0) is 12.1 Å². The smallest absolute Gasteiger partial charge is 0.303 e. The number of benzene rings is 1. The zero-order valence-corrected chi connectivity index (χ0v) is 10.7. The SMILES string of the molecule is COc1cccc(C(=O)CCC(=O)CCC(=O)O)c1. The molecule has 0 aromatic heterocycles. The van der Waals surface area contributed by atoms with Crippen molar-refractivity contribution in [2.45, 2.75) is 25.7 Å². The number of aliphatic carboxylic acids is 1. The average molecular weight is 264 g/mol. The van der Waals surface area contributed by atoms with Crippen LogP contribution in [0.4, 0.5) is 0 Å². The molecule has 1 aromatic carbocycles. The Hall–Kier alpha value is -2.17. The summed E-state index contributed by atoms with van der Waals surface area (Å²) in [6, 6.07) is 6.71. The van der Waals surface area contributed by atoms with E-state index in [1.54, 1.807) is 24.3 Å². The number of methoxy groups -OCH3 is 1. The monoisotopic (exact) mass is 264 g/mol. The fourth-order valence-electron chi connectivity index (χ4n) is 1.57. The lowest BCUT2D eigenvalue weighted by atomic mass is 10.0. The minimum absolute atomic E-state index is 0.0271. The van der Waals surface area contributed by atoms with Crippen LogP contribution in [0.5, 0.6) is 5.75 Å². The molecule has 0 spiro atoms. The van der Waals surface area contributed by atoms with Gasteiger partial charge in [0.1, 0.15) is 11.5 Å². The first-order chi connectivity index (χ1) is 9.02. The van der Waals surface area contributed by atoms with Gasteiger partial charge in [-0.15, -0.1) is 0 Å². The highest BCUT2D eigenvalue weighted by molar-refractivity contribution is 5.98. The second kappa shape index (κ2) is 7.31. The second-order valence-electron chi connectivity index (χ2n) is 4.09. The van der Waals surface area contributed by atoms with Gasteiger partial charge in [0.25, 0.3) is 0 Å². The topological polar surface area (TPSA) is 80.7 Å². The van der Waals surface area contributed by atoms with Gasteiger partial charge in [-0.2, -0.15) is 0 Å². The van der Waals surface area contributed by atoms with Crippen LogP contribution in [0.25, 0.3) is 0 Å². The first kappa shape index (κ1) is 14.9. The van der Waals surface area contributed by atoms with Crippen LogP contribution in [-0.2, 0) is 9.59 Å². The minimum atomic E-state index is -1.01. The fraction of sp³-hybridized carbons (Fsp3) is 0.357. The molecule has 0 fully saturated rings. The lowest BCUT2D eigenvalue weighted by Gasteiger charge is -2.03. The maximum atomic E-state index is 11.8. The van der Waals surface area contributed by atoms with Crippen molar-refractivity contribution >= 4 is 17.5 Å². The Morgan fingerprint density at radius 3 is 2.42 bits per heavy atom. The summed E-state index contributed by atoms with van der Waals surface area (Å²) in [4.78, 5) is 33.5. The van der Waals surface area contributed by atoms with Crippen LogP contribution in [0.1, 0.15) is 36.0 Å². The van der Waals surface area contributed by atoms with Crippen molar-refractivity contribution in [3.8, 4) is 5.75 Å². The van der Waals surface area contributed by atoms with Crippen LogP contribution >= 0.6 is 0 Å². The number of hydrogen-bond acceptors (Lipinski definition) is 4. The highest BCUT2D eigenvalue weighted by Crippen LogP contribution is 2.15. The Labute approximate surface area is 111 Å². The summed E-state index contributed by atoms with van der Waals surface area (Å²) in [6.45, 7) is 0. The molecular formula is C14H16O5. The number of carboxylic acid groups (broad SMARTS) is 1. The molecule has 0 saturated heterocycles. The largest absolute Gasteiger partial charge is 0.497 e. The summed E-state index contributed by atoms with van der Waals surface area (Å²) >= 11 is 0. The predicted octanol–water partition coefficient (Wildman–Crippen LogP) is 2.09. The molecule has 0 amide bonds. The van der Waals surface area contributed by atoms with Crippen LogP contribution in [0.15, 0.2) is 24.3 Å². The first-order valence-electron chi connectivity index (χ1n) is 5.93. The standard InChI is InChI=1S/C14H16O5/c1-19-12-4-2-3-10(9-12)13(16)7-5-11(15)6-8-14(17)18/h2-4,9H,5-8H2,1H3,(H,17,18). The predicted molar refractivity (Wildman–Crippen MR) is 68.4 cm³/mol. The number of ketones is 2. The number of carboxylic acids is 1. The molecule has 0 aliphatic carbocycles. The van der Waals surface area contributed by atoms with E-state index >= 15 is 0 Å². The van der Waals surface area contributed by atoms with Gasteiger partial charge in [0, 0.05) is 24.8 Å². The zero-order valence-electron chi connectivity index (χ0n) is 10.7. The van der Waals surface area contributed by atoms with Gasteiger partial charge in [0.15, 0.2) is 5.78 Å². The van der Waals surface area contributed by atoms with Crippen molar-refractivity contribution in [3.05, 3.63) is 29.8 Å². The molecule has 5 nitrogen and oxygen atoms in total. The highest BCUT2D eigenvalue weighted by atomic mass is 16.5. The van der Waals surface area contributed by atoms with E-state index in [2.05, 4.69) is 0 Å². The van der Waals surface area contributed by atoms with E-state index in [1.165, 1.54) is 7.11 Å². The second-order valence-corrected chi connectivity index (χ2v) is 4.09. The number of rotatable bonds is 8. The Kier molecular flexibility index (Phi) is 5.73. The molecular weight excluding hydrogens is 248 g/mol. The van der Waals surface area contributed by atoms with E-state index in [-0.39, 0.29) is 37.2 Å². The van der Waals surface area contributed by atoms with Crippen molar-refractivity contribution < 1.29 is 24.2 Å². The summed E-state index contributed by atoms with van der Waals surface area (Å²) in [6.07, 6.45) is -0.0537. The normalized spacial score (nSPS) is 9.95. The van der Waals surface area contributed by atoms with E-state index in [0.717, 1.165) is 0 Å². The van der Waals surface area contributed by atoms with E-state index in [4.69, 9.17) is 9.84 Å². The Morgan fingerprint density at radius 2 is 1.79 bits per heavy atom. The third-order valence-corrected chi connectivity index (χ3v) is 2.64. The molecule has 5 heteroatoms. The van der Waals surface area contributed by atoms with E-state index < -0.39 is 5.97 Å². The molecule has 0 atom stereocenters. The molecule has 0 heterocycles. The number of Topliss-reactive ketones (excluding diaryl/α,β-unsaturated/α-hetero) is 2. The zero-order chi connectivity index (χ0) is 14.3. The number of ether oxygens (including phenoxy) is 1. The Balaban J connectivity index is 2.46. The summed E-state index contributed by atoms with van der Waals surface area (Å²) < 4.78 is 5.01. The summed E-state index contributed by atoms with van der Waals surface area (Å²) in [5.74, 6) is -0.781. The molecule has 1 rings (SSSR count). The van der Waals surface area contributed by atoms with Gasteiger partial charge in [0.05, 0.1) is 13.5 Å². The molecule has 102 valence electrons. The summed E-state index contributed by atoms with van der Waals surface area (Å²) in [5.41, 5.74) is 0.491. The maximum absolute atomic E-state index is 11.8. The van der Waals surface area contributed by atoms with Crippen LogP contribution in [-0.4, -0.2) is 29.8 Å². The molecule has 1 N–H and O–H groups in total. The first-order valence-corrected chi connectivity index (χ1v) is 5.93. The molecule has 1 aromatic rings. The lowest BCUT2D eigenvalue weighted by molar-refractivity contribution is -0.138. The fourth-order valence-corrected chi connectivity index (χ4v) is 1.57. The van der Waals surface area contributed by atoms with Crippen molar-refractivity contribution in [2.75, 3.05) is 7.11 Å². The van der Waals surface area contributed by atoms with Crippen LogP contribution in [0, 0.1) is 0 Å². The lowest BCUT2D eigenvalue weighted by Crippen LogP contribution is -2.07. The van der Waals surface area contributed by atoms with Crippen molar-refractivity contribution in [2.24, 2.45) is 0 Å². The van der Waals surface area contributed by atoms with Crippen molar-refractivity contribution in [3.63, 3.8) is 0 Å². The Morgan fingerprint density at radius 1 is 1.11 bits per heavy atom. The minimum Gasteiger partial charge on any atom is -0.497 e. The van der Waals surface area contributed by atoms with Crippen molar-refractivity contribution in [1.82, 2.24) is 0 Å². The number of carbonyl (C=O) groups is 3. The summed E-state index contributed by atoms with van der Waals surface area (Å²) in [7, 11) is 1.51. The summed E-state index contributed by atoms with van der Waals surface area (Å²) in [5, 5.41) is 8.44. The molecule has 0 aliphatic rings. The molecule has 0 unspecified atom stereocenters. The number of hydrogen-bond donors (Lipinski definition) is 1. The van der Waals surface area contributed by atoms with Crippen LogP contribution in [0.2, 0.25) is 0 Å². The van der Waals surface area contributed by atoms with Crippen LogP contribution in [0.3, 0.4) is 0 Å². The van der Waals surface area contributed by atoms with Gasteiger partial charge in [0.2, 0.25) is 0 Å². The molecule has 19 heavy (non-hydrogen) atoms. The molecule has 0 saturated carbocycles. The van der Waals surface area contributed by atoms with E-state index in [1.807, 2.05) is 0 Å². The van der Waals surface area contributed by atoms with Gasteiger partial charge >= 0.3 is 5.97 Å². The maximum Gasteiger partial charge on any atom is 0.303 e. The quantitative estimate of drug-likeness (QED) is 0.727. The Bertz CT molecular complexity index is 478. The van der Waals surface area contributed by atoms with E-state index in [0.29, 0.717) is 11.3 Å². The molecule has 0 aliphatic heterocycles. The van der Waals surface area contributed by atoms with Gasteiger partial charge in [-0.1, -0.05) is 12.1 Å². The van der Waals surface area contributed by atoms with Gasteiger partial charge in [-0.25, -0.2) is 0 Å². The third-order valence-electron chi connectivity index (χ3n) is 2.64. The number of carbonyl (C=O) groups excluding carboxylic acids is 2. The van der Waals surface area contributed by atoms with Gasteiger partial charge < -0.3 is 9.84 Å². The average Bonchev–Trinajstić information content (AvgIpc) is 2.42. The van der Waals surface area contributed by atoms with E-state index in [9.17, 15) is 14.4 Å². The van der Waals surface area contributed by atoms with Crippen LogP contribution < -0.4 is 4.74 Å². The third kappa shape index (κ3) is 5.33.